The van der Waals surface area contributed by atoms with Gasteiger partial charge in [-0.05, 0) is 37.6 Å². The van der Waals surface area contributed by atoms with Crippen molar-refractivity contribution in [1.82, 2.24) is 9.97 Å². The molecule has 0 saturated carbocycles. The number of aryl methyl sites for hydroxylation is 2. The second-order valence-electron chi connectivity index (χ2n) is 5.85. The van der Waals surface area contributed by atoms with Gasteiger partial charge in [0, 0.05) is 24.9 Å². The molecule has 0 aliphatic rings. The minimum atomic E-state index is -0.345. The van der Waals surface area contributed by atoms with Crippen LogP contribution in [0, 0.1) is 13.8 Å². The zero-order valence-corrected chi connectivity index (χ0v) is 16.9. The highest BCUT2D eigenvalue weighted by Gasteiger charge is 2.14. The third kappa shape index (κ3) is 4.69. The number of benzene rings is 1. The monoisotopic (exact) mass is 402 g/mol. The Bertz CT molecular complexity index is 1010. The molecular formula is C18H18N4O3S2. The first-order valence-electron chi connectivity index (χ1n) is 8.09. The minimum Gasteiger partial charge on any atom is -0.426 e. The van der Waals surface area contributed by atoms with Gasteiger partial charge in [0.15, 0.2) is 10.3 Å². The number of rotatable bonds is 5. The van der Waals surface area contributed by atoms with E-state index in [1.54, 1.807) is 6.07 Å². The van der Waals surface area contributed by atoms with Crippen LogP contribution in [0.4, 0.5) is 16.0 Å². The Hall–Kier alpha value is -2.78. The molecule has 0 saturated heterocycles. The molecule has 1 aromatic carbocycles. The molecule has 0 aliphatic heterocycles. The lowest BCUT2D eigenvalue weighted by Gasteiger charge is -2.08. The molecule has 7 nitrogen and oxygen atoms in total. The fourth-order valence-corrected chi connectivity index (χ4v) is 4.16. The SMILES string of the molecule is CC(=O)Nc1nc(C)c(-c2csc(Nc3ccc(OC(C)=O)c(C)c3)n2)s1. The molecule has 140 valence electrons. The first-order chi connectivity index (χ1) is 12.8. The molecule has 9 heteroatoms. The van der Waals surface area contributed by atoms with Gasteiger partial charge in [0.2, 0.25) is 5.91 Å². The Kier molecular flexibility index (Phi) is 5.52. The summed E-state index contributed by atoms with van der Waals surface area (Å²) in [6, 6.07) is 5.48. The highest BCUT2D eigenvalue weighted by Crippen LogP contribution is 2.35. The van der Waals surface area contributed by atoms with E-state index < -0.39 is 0 Å². The van der Waals surface area contributed by atoms with E-state index in [0.29, 0.717) is 10.9 Å². The number of ether oxygens (including phenoxy) is 1. The molecule has 3 rings (SSSR count). The average molecular weight is 403 g/mol. The molecule has 0 bridgehead atoms. The van der Waals surface area contributed by atoms with Gasteiger partial charge in [-0.25, -0.2) is 9.97 Å². The standard InChI is InChI=1S/C18H18N4O3S2/c1-9-7-13(5-6-15(9)25-12(4)24)21-17-22-14(8-26-17)16-10(2)19-18(27-16)20-11(3)23/h5-8H,1-4H3,(H,21,22)(H,19,20,23). The normalized spacial score (nSPS) is 10.5. The molecule has 2 aromatic heterocycles. The maximum absolute atomic E-state index is 11.2. The van der Waals surface area contributed by atoms with Crippen molar-refractivity contribution in [3.8, 4) is 16.3 Å². The number of hydrogen-bond acceptors (Lipinski definition) is 8. The lowest BCUT2D eigenvalue weighted by Crippen LogP contribution is -2.04. The highest BCUT2D eigenvalue weighted by molar-refractivity contribution is 7.20. The van der Waals surface area contributed by atoms with Crippen molar-refractivity contribution in [3.63, 3.8) is 0 Å². The predicted molar refractivity (Wildman–Crippen MR) is 108 cm³/mol. The van der Waals surface area contributed by atoms with Crippen LogP contribution in [0.25, 0.3) is 10.6 Å². The number of carbonyl (C=O) groups is 2. The van der Waals surface area contributed by atoms with Crippen LogP contribution in [0.5, 0.6) is 5.75 Å². The fraction of sp³-hybridized carbons (Fsp3) is 0.222. The van der Waals surface area contributed by atoms with Crippen molar-refractivity contribution in [2.45, 2.75) is 27.7 Å². The zero-order chi connectivity index (χ0) is 19.6. The third-order valence-electron chi connectivity index (χ3n) is 3.50. The minimum absolute atomic E-state index is 0.150. The van der Waals surface area contributed by atoms with E-state index in [1.165, 1.54) is 36.5 Å². The number of aromatic nitrogens is 2. The van der Waals surface area contributed by atoms with Gasteiger partial charge in [0.25, 0.3) is 0 Å². The van der Waals surface area contributed by atoms with E-state index >= 15 is 0 Å². The van der Waals surface area contributed by atoms with Crippen LogP contribution >= 0.6 is 22.7 Å². The molecule has 27 heavy (non-hydrogen) atoms. The second kappa shape index (κ2) is 7.85. The lowest BCUT2D eigenvalue weighted by atomic mass is 10.2. The molecule has 3 aromatic rings. The van der Waals surface area contributed by atoms with Crippen molar-refractivity contribution in [1.29, 1.82) is 0 Å². The molecule has 0 fully saturated rings. The molecule has 2 N–H and O–H groups in total. The van der Waals surface area contributed by atoms with Crippen molar-refractivity contribution in [3.05, 3.63) is 34.8 Å². The number of anilines is 3. The first kappa shape index (κ1) is 19.0. The summed E-state index contributed by atoms with van der Waals surface area (Å²) in [6.07, 6.45) is 0. The highest BCUT2D eigenvalue weighted by atomic mass is 32.1. The van der Waals surface area contributed by atoms with Crippen molar-refractivity contribution >= 4 is 50.5 Å². The summed E-state index contributed by atoms with van der Waals surface area (Å²) in [5, 5.41) is 9.20. The van der Waals surface area contributed by atoms with Crippen LogP contribution < -0.4 is 15.4 Å². The molecule has 0 unspecified atom stereocenters. The van der Waals surface area contributed by atoms with Gasteiger partial charge >= 0.3 is 5.97 Å². The van der Waals surface area contributed by atoms with Gasteiger partial charge in [-0.2, -0.15) is 0 Å². The van der Waals surface area contributed by atoms with Crippen LogP contribution in [0.15, 0.2) is 23.6 Å². The molecule has 1 amide bonds. The van der Waals surface area contributed by atoms with Crippen LogP contribution in [-0.2, 0) is 9.59 Å². The van der Waals surface area contributed by atoms with Crippen LogP contribution in [0.1, 0.15) is 25.1 Å². The quantitative estimate of drug-likeness (QED) is 0.482. The largest absolute Gasteiger partial charge is 0.426 e. The Morgan fingerprint density at radius 2 is 1.89 bits per heavy atom. The van der Waals surface area contributed by atoms with E-state index in [-0.39, 0.29) is 11.9 Å². The summed E-state index contributed by atoms with van der Waals surface area (Å²) in [4.78, 5) is 32.2. The molecule has 0 radical (unpaired) electrons. The molecular weight excluding hydrogens is 384 g/mol. The van der Waals surface area contributed by atoms with Gasteiger partial charge in [0.05, 0.1) is 16.3 Å². The topological polar surface area (TPSA) is 93.2 Å². The fourth-order valence-electron chi connectivity index (χ4n) is 2.39. The van der Waals surface area contributed by atoms with Gasteiger partial charge in [0.1, 0.15) is 5.75 Å². The van der Waals surface area contributed by atoms with Gasteiger partial charge in [-0.1, -0.05) is 11.3 Å². The molecule has 2 heterocycles. The maximum atomic E-state index is 11.2. The lowest BCUT2D eigenvalue weighted by molar-refractivity contribution is -0.131. The van der Waals surface area contributed by atoms with Crippen LogP contribution in [-0.4, -0.2) is 21.8 Å². The summed E-state index contributed by atoms with van der Waals surface area (Å²) >= 11 is 2.87. The summed E-state index contributed by atoms with van der Waals surface area (Å²) in [5.74, 6) is 0.0455. The van der Waals surface area contributed by atoms with Gasteiger partial charge in [-0.3, -0.25) is 9.59 Å². The van der Waals surface area contributed by atoms with Crippen LogP contribution in [0.2, 0.25) is 0 Å². The Balaban J connectivity index is 1.77. The van der Waals surface area contributed by atoms with Crippen molar-refractivity contribution in [2.24, 2.45) is 0 Å². The summed E-state index contributed by atoms with van der Waals surface area (Å²) in [6.45, 7) is 6.60. The zero-order valence-electron chi connectivity index (χ0n) is 15.2. The second-order valence-corrected chi connectivity index (χ2v) is 7.71. The van der Waals surface area contributed by atoms with Crippen LogP contribution in [0.3, 0.4) is 0 Å². The third-order valence-corrected chi connectivity index (χ3v) is 5.35. The predicted octanol–water partition coefficient (Wildman–Crippen LogP) is 4.51. The summed E-state index contributed by atoms with van der Waals surface area (Å²) < 4.78 is 5.14. The first-order valence-corrected chi connectivity index (χ1v) is 9.78. The van der Waals surface area contributed by atoms with E-state index in [9.17, 15) is 9.59 Å². The van der Waals surface area contributed by atoms with E-state index in [4.69, 9.17) is 4.74 Å². The smallest absolute Gasteiger partial charge is 0.308 e. The summed E-state index contributed by atoms with van der Waals surface area (Å²) in [5.41, 5.74) is 3.33. The molecule has 0 aliphatic carbocycles. The summed E-state index contributed by atoms with van der Waals surface area (Å²) in [7, 11) is 0. The number of carbonyl (C=O) groups excluding carboxylic acids is 2. The van der Waals surface area contributed by atoms with E-state index in [1.807, 2.05) is 31.4 Å². The number of hydrogen-bond donors (Lipinski definition) is 2. The number of thiazole rings is 2. The number of nitrogens with zero attached hydrogens (tertiary/aromatic N) is 2. The average Bonchev–Trinajstić information content (AvgIpc) is 3.15. The van der Waals surface area contributed by atoms with Crippen molar-refractivity contribution in [2.75, 3.05) is 10.6 Å². The Labute approximate surface area is 164 Å². The Morgan fingerprint density at radius 3 is 2.56 bits per heavy atom. The van der Waals surface area contributed by atoms with Crippen molar-refractivity contribution < 1.29 is 14.3 Å². The number of nitrogens with one attached hydrogen (secondary N) is 2. The molecule has 0 atom stereocenters. The van der Waals surface area contributed by atoms with Gasteiger partial charge < -0.3 is 15.4 Å². The Morgan fingerprint density at radius 1 is 1.11 bits per heavy atom. The van der Waals surface area contributed by atoms with E-state index in [0.717, 1.165) is 32.6 Å². The van der Waals surface area contributed by atoms with E-state index in [2.05, 4.69) is 20.6 Å². The maximum Gasteiger partial charge on any atom is 0.308 e. The van der Waals surface area contributed by atoms with Gasteiger partial charge in [-0.15, -0.1) is 11.3 Å². The number of amides is 1. The molecule has 0 spiro atoms. The number of esters is 1.